The van der Waals surface area contributed by atoms with E-state index in [1.165, 1.54) is 4.90 Å². The first kappa shape index (κ1) is 22.3. The van der Waals surface area contributed by atoms with Crippen molar-refractivity contribution in [1.82, 2.24) is 4.90 Å². The smallest absolute Gasteiger partial charge is 0.543 e. The Morgan fingerprint density at radius 1 is 1.23 bits per heavy atom. The van der Waals surface area contributed by atoms with Gasteiger partial charge >= 0.3 is 29.6 Å². The van der Waals surface area contributed by atoms with E-state index in [1.807, 2.05) is 43.3 Å². The Kier molecular flexibility index (Phi) is 5.91. The minimum absolute atomic E-state index is 0. The van der Waals surface area contributed by atoms with E-state index in [4.69, 9.17) is 4.74 Å². The minimum atomic E-state index is -1.39. The number of carbonyl (C=O) groups excluding carboxylic acids is 2. The fourth-order valence-corrected chi connectivity index (χ4v) is 5.96. The molecule has 1 N–H and O–H groups in total. The van der Waals surface area contributed by atoms with Crippen molar-refractivity contribution in [3.8, 4) is 5.75 Å². The van der Waals surface area contributed by atoms with Crippen LogP contribution < -0.4 is 39.4 Å². The molecule has 1 fully saturated rings. The van der Waals surface area contributed by atoms with Gasteiger partial charge in [-0.2, -0.15) is 0 Å². The summed E-state index contributed by atoms with van der Waals surface area (Å²) in [5.41, 5.74) is 0.407. The average Bonchev–Trinajstić information content (AvgIpc) is 3.20. The van der Waals surface area contributed by atoms with E-state index >= 15 is 0 Å². The summed E-state index contributed by atoms with van der Waals surface area (Å²) < 4.78 is 8.38. The van der Waals surface area contributed by atoms with Crippen LogP contribution in [0.1, 0.15) is 13.8 Å². The van der Waals surface area contributed by atoms with Crippen molar-refractivity contribution in [1.29, 1.82) is 0 Å². The fourth-order valence-electron chi connectivity index (χ4n) is 4.84. The van der Waals surface area contributed by atoms with Crippen molar-refractivity contribution in [3.05, 3.63) is 53.7 Å². The van der Waals surface area contributed by atoms with E-state index in [9.17, 15) is 19.8 Å². The van der Waals surface area contributed by atoms with Gasteiger partial charge in [-0.05, 0) is 30.7 Å². The molecular weight excluding hydrogens is 425 g/mol. The van der Waals surface area contributed by atoms with Gasteiger partial charge < -0.3 is 24.6 Å². The predicted molar refractivity (Wildman–Crippen MR) is 112 cm³/mol. The van der Waals surface area contributed by atoms with Crippen LogP contribution in [0.2, 0.25) is 0 Å². The van der Waals surface area contributed by atoms with Gasteiger partial charge in [-0.1, -0.05) is 31.2 Å². The number of carbonyl (C=O) groups is 2. The van der Waals surface area contributed by atoms with Crippen molar-refractivity contribution in [2.24, 2.45) is 11.8 Å². The third-order valence-electron chi connectivity index (χ3n) is 6.26. The van der Waals surface area contributed by atoms with Crippen LogP contribution in [0.25, 0.3) is 20.2 Å². The number of hydrogen-bond acceptors (Lipinski definition) is 6. The number of fused-ring (bicyclic) bond motifs is 4. The number of carboxylic acids is 1. The van der Waals surface area contributed by atoms with E-state index in [-0.39, 0.29) is 59.7 Å². The summed E-state index contributed by atoms with van der Waals surface area (Å²) in [7, 11) is 0. The van der Waals surface area contributed by atoms with Crippen LogP contribution in [0.15, 0.2) is 53.7 Å². The van der Waals surface area contributed by atoms with Crippen molar-refractivity contribution < 1.29 is 54.1 Å². The summed E-state index contributed by atoms with van der Waals surface area (Å²) >= 11 is 1.68. The SMILES string of the molecule is CC(O)C1C(=O)N2C(C(=O)[O-])=C(COc3cccc4sc5ccccc5c34)C(C)C12.[Na+]. The number of rotatable bonds is 5. The first-order valence-corrected chi connectivity index (χ1v) is 10.7. The molecule has 3 heterocycles. The minimum Gasteiger partial charge on any atom is -0.543 e. The van der Waals surface area contributed by atoms with E-state index in [0.29, 0.717) is 11.3 Å². The molecule has 1 aromatic heterocycles. The Hall–Kier alpha value is -1.90. The maximum atomic E-state index is 12.5. The molecule has 4 unspecified atom stereocenters. The number of amides is 1. The Morgan fingerprint density at radius 2 is 1.94 bits per heavy atom. The van der Waals surface area contributed by atoms with Crippen molar-refractivity contribution in [2.45, 2.75) is 26.0 Å². The second kappa shape index (κ2) is 8.22. The number of aliphatic carboxylic acids is 1. The average molecular weight is 445 g/mol. The summed E-state index contributed by atoms with van der Waals surface area (Å²) in [6.45, 7) is 3.47. The molecule has 1 amide bonds. The molecule has 0 bridgehead atoms. The van der Waals surface area contributed by atoms with E-state index < -0.39 is 18.0 Å². The number of thiophene rings is 1. The normalized spacial score (nSPS) is 23.5. The Balaban J connectivity index is 0.00000231. The summed E-state index contributed by atoms with van der Waals surface area (Å²) in [5.74, 6) is -1.93. The number of ether oxygens (including phenoxy) is 1. The second-order valence-corrected chi connectivity index (χ2v) is 9.02. The van der Waals surface area contributed by atoms with Crippen LogP contribution in [0.4, 0.5) is 0 Å². The molecule has 2 aliphatic rings. The monoisotopic (exact) mass is 445 g/mol. The molecule has 4 atom stereocenters. The fraction of sp³-hybridized carbons (Fsp3) is 0.304. The zero-order valence-electron chi connectivity index (χ0n) is 17.5. The number of benzene rings is 2. The van der Waals surface area contributed by atoms with E-state index in [1.54, 1.807) is 18.3 Å². The number of β-lactam (4-membered cyclic amide) rings is 1. The van der Waals surface area contributed by atoms with Crippen LogP contribution in [-0.2, 0) is 9.59 Å². The summed E-state index contributed by atoms with van der Waals surface area (Å²) in [5, 5.41) is 23.9. The second-order valence-electron chi connectivity index (χ2n) is 7.93. The van der Waals surface area contributed by atoms with E-state index in [2.05, 4.69) is 6.07 Å². The maximum Gasteiger partial charge on any atom is 1.00 e. The summed E-state index contributed by atoms with van der Waals surface area (Å²) in [6.07, 6.45) is -0.838. The maximum absolute atomic E-state index is 12.5. The standard InChI is InChI=1S/C23H21NO5S.Na/c1-11-14(21(23(27)28)24-20(11)18(12(2)25)22(24)26)10-29-15-7-5-9-17-19(15)13-6-3-4-8-16(13)30-17;/h3-9,11-12,18,20,25H,10H2,1-2H3,(H,27,28);/q;+1/p-1. The van der Waals surface area contributed by atoms with Gasteiger partial charge in [0.05, 0.1) is 29.7 Å². The van der Waals surface area contributed by atoms with Crippen molar-refractivity contribution in [3.63, 3.8) is 0 Å². The third-order valence-corrected chi connectivity index (χ3v) is 7.39. The molecule has 31 heavy (non-hydrogen) atoms. The zero-order chi connectivity index (χ0) is 21.2. The molecule has 0 radical (unpaired) electrons. The Labute approximate surface area is 205 Å². The molecule has 154 valence electrons. The molecule has 0 spiro atoms. The third kappa shape index (κ3) is 3.31. The summed E-state index contributed by atoms with van der Waals surface area (Å²) in [6, 6.07) is 13.5. The number of hydrogen-bond donors (Lipinski definition) is 1. The summed E-state index contributed by atoms with van der Waals surface area (Å²) in [4.78, 5) is 25.6. The quantitative estimate of drug-likeness (QED) is 0.414. The number of nitrogens with zero attached hydrogens (tertiary/aromatic N) is 1. The Bertz CT molecular complexity index is 1230. The van der Waals surface area contributed by atoms with Crippen LogP contribution in [0.3, 0.4) is 0 Å². The van der Waals surface area contributed by atoms with Crippen LogP contribution in [0, 0.1) is 11.8 Å². The van der Waals surface area contributed by atoms with Crippen molar-refractivity contribution >= 4 is 43.4 Å². The van der Waals surface area contributed by atoms with Gasteiger partial charge in [0.15, 0.2) is 0 Å². The molecule has 8 heteroatoms. The first-order chi connectivity index (χ1) is 14.4. The van der Waals surface area contributed by atoms with Crippen LogP contribution in [0.5, 0.6) is 5.75 Å². The largest absolute Gasteiger partial charge is 1.00 e. The van der Waals surface area contributed by atoms with Gasteiger partial charge in [0, 0.05) is 26.1 Å². The molecule has 0 saturated carbocycles. The number of aliphatic hydroxyl groups excluding tert-OH is 1. The molecule has 2 aliphatic heterocycles. The molecule has 5 rings (SSSR count). The van der Waals surface area contributed by atoms with Gasteiger partial charge in [0.1, 0.15) is 12.4 Å². The topological polar surface area (TPSA) is 89.9 Å². The molecule has 2 aromatic carbocycles. The van der Waals surface area contributed by atoms with Gasteiger partial charge in [-0.15, -0.1) is 11.3 Å². The molecule has 0 aliphatic carbocycles. The number of aliphatic hydroxyl groups is 1. The Morgan fingerprint density at radius 3 is 2.65 bits per heavy atom. The molecule has 1 saturated heterocycles. The number of carboxylic acid groups (broad SMARTS) is 1. The zero-order valence-corrected chi connectivity index (χ0v) is 20.3. The molecule has 6 nitrogen and oxygen atoms in total. The van der Waals surface area contributed by atoms with E-state index in [0.717, 1.165) is 20.2 Å². The first-order valence-electron chi connectivity index (χ1n) is 9.88. The van der Waals surface area contributed by atoms with Gasteiger partial charge in [0.2, 0.25) is 5.91 Å². The van der Waals surface area contributed by atoms with Gasteiger partial charge in [0.25, 0.3) is 0 Å². The van der Waals surface area contributed by atoms with Crippen LogP contribution in [-0.4, -0.2) is 40.6 Å². The van der Waals surface area contributed by atoms with Crippen LogP contribution >= 0.6 is 11.3 Å². The predicted octanol–water partition coefficient (Wildman–Crippen LogP) is -0.701. The van der Waals surface area contributed by atoms with Crippen molar-refractivity contribution in [2.75, 3.05) is 6.61 Å². The van der Waals surface area contributed by atoms with Gasteiger partial charge in [-0.25, -0.2) is 0 Å². The van der Waals surface area contributed by atoms with Gasteiger partial charge in [-0.3, -0.25) is 4.79 Å². The molecular formula is C23H20NNaO5S. The molecule has 3 aromatic rings.